The van der Waals surface area contributed by atoms with Gasteiger partial charge in [0, 0.05) is 6.42 Å². The predicted molar refractivity (Wildman–Crippen MR) is 56.2 cm³/mol. The van der Waals surface area contributed by atoms with Gasteiger partial charge in [-0.3, -0.25) is 4.79 Å². The Kier molecular flexibility index (Phi) is 4.22. The fourth-order valence-electron chi connectivity index (χ4n) is 0.971. The van der Waals surface area contributed by atoms with Gasteiger partial charge in [-0.25, -0.2) is 4.79 Å². The number of esters is 1. The molecule has 0 amide bonds. The molecule has 1 unspecified atom stereocenters. The van der Waals surface area contributed by atoms with Crippen LogP contribution in [0.2, 0.25) is 0 Å². The maximum atomic E-state index is 11.6. The van der Waals surface area contributed by atoms with Crippen molar-refractivity contribution in [2.45, 2.75) is 32.8 Å². The van der Waals surface area contributed by atoms with Gasteiger partial charge in [-0.15, -0.1) is 6.58 Å². The Morgan fingerprint density at radius 1 is 1.40 bits per heavy atom. The highest BCUT2D eigenvalue weighted by Gasteiger charge is 2.41. The first kappa shape index (κ1) is 13.8. The Labute approximate surface area is 89.9 Å². The molecule has 86 valence electrons. The summed E-state index contributed by atoms with van der Waals surface area (Å²) in [6.07, 6.45) is 1.65. The van der Waals surface area contributed by atoms with Crippen molar-refractivity contribution in [3.05, 3.63) is 12.7 Å². The van der Waals surface area contributed by atoms with Crippen LogP contribution in [0.1, 0.15) is 27.2 Å². The van der Waals surface area contributed by atoms with E-state index in [-0.39, 0.29) is 6.42 Å². The molecule has 15 heavy (non-hydrogen) atoms. The summed E-state index contributed by atoms with van der Waals surface area (Å²) in [6.45, 7) is 8.32. The zero-order chi connectivity index (χ0) is 12.3. The lowest BCUT2D eigenvalue weighted by Gasteiger charge is -2.24. The maximum absolute atomic E-state index is 11.6. The second-order valence-electron chi connectivity index (χ2n) is 4.36. The van der Waals surface area contributed by atoms with Gasteiger partial charge in [-0.1, -0.05) is 19.9 Å². The number of aliphatic hydroxyl groups is 1. The van der Waals surface area contributed by atoms with E-state index in [2.05, 4.69) is 11.3 Å². The standard InChI is InChI=1S/C11H18O4/c1-6-10(2,3)7-8(12)11(4,14)9(13)15-5/h6,14H,1,7H2,2-5H3. The molecule has 0 spiro atoms. The van der Waals surface area contributed by atoms with Crippen LogP contribution in [-0.4, -0.2) is 29.6 Å². The van der Waals surface area contributed by atoms with Gasteiger partial charge in [0.05, 0.1) is 7.11 Å². The molecule has 1 atom stereocenters. The van der Waals surface area contributed by atoms with Gasteiger partial charge in [0.2, 0.25) is 5.60 Å². The largest absolute Gasteiger partial charge is 0.467 e. The third kappa shape index (κ3) is 3.47. The molecular weight excluding hydrogens is 196 g/mol. The smallest absolute Gasteiger partial charge is 0.345 e. The van der Waals surface area contributed by atoms with Crippen molar-refractivity contribution in [3.8, 4) is 0 Å². The minimum absolute atomic E-state index is 0.0403. The molecule has 0 aliphatic heterocycles. The van der Waals surface area contributed by atoms with Gasteiger partial charge in [0.25, 0.3) is 0 Å². The molecule has 0 heterocycles. The third-order valence-corrected chi connectivity index (χ3v) is 2.29. The molecular formula is C11H18O4. The molecule has 0 fully saturated rings. The molecule has 0 aromatic carbocycles. The van der Waals surface area contributed by atoms with E-state index in [1.807, 2.05) is 0 Å². The number of hydrogen-bond acceptors (Lipinski definition) is 4. The molecule has 0 aliphatic carbocycles. The molecule has 0 aromatic rings. The highest BCUT2D eigenvalue weighted by molar-refractivity contribution is 6.06. The van der Waals surface area contributed by atoms with Crippen LogP contribution in [0.25, 0.3) is 0 Å². The second kappa shape index (κ2) is 4.57. The third-order valence-electron chi connectivity index (χ3n) is 2.29. The van der Waals surface area contributed by atoms with Crippen molar-refractivity contribution in [1.82, 2.24) is 0 Å². The van der Waals surface area contributed by atoms with E-state index in [4.69, 9.17) is 0 Å². The lowest BCUT2D eigenvalue weighted by atomic mass is 9.83. The molecule has 0 aliphatic rings. The van der Waals surface area contributed by atoms with Crippen LogP contribution >= 0.6 is 0 Å². The summed E-state index contributed by atoms with van der Waals surface area (Å²) in [5.74, 6) is -1.51. The van der Waals surface area contributed by atoms with E-state index in [9.17, 15) is 14.7 Å². The SMILES string of the molecule is C=CC(C)(C)CC(=O)C(C)(O)C(=O)OC. The van der Waals surface area contributed by atoms with Crippen LogP contribution in [0, 0.1) is 5.41 Å². The Hall–Kier alpha value is -1.16. The van der Waals surface area contributed by atoms with Crippen LogP contribution in [-0.2, 0) is 14.3 Å². The number of rotatable bonds is 5. The average molecular weight is 214 g/mol. The van der Waals surface area contributed by atoms with E-state index in [1.54, 1.807) is 19.9 Å². The number of ether oxygens (including phenoxy) is 1. The molecule has 4 heteroatoms. The maximum Gasteiger partial charge on any atom is 0.345 e. The van der Waals surface area contributed by atoms with Gasteiger partial charge in [0.1, 0.15) is 0 Å². The van der Waals surface area contributed by atoms with Gasteiger partial charge < -0.3 is 9.84 Å². The number of allylic oxidation sites excluding steroid dienone is 1. The normalized spacial score (nSPS) is 15.3. The summed E-state index contributed by atoms with van der Waals surface area (Å²) in [4.78, 5) is 22.8. The fraction of sp³-hybridized carbons (Fsp3) is 0.636. The minimum Gasteiger partial charge on any atom is -0.467 e. The summed E-state index contributed by atoms with van der Waals surface area (Å²) in [6, 6.07) is 0. The van der Waals surface area contributed by atoms with E-state index in [0.717, 1.165) is 14.0 Å². The zero-order valence-corrected chi connectivity index (χ0v) is 9.66. The molecule has 1 N–H and O–H groups in total. The molecule has 0 radical (unpaired) electrons. The van der Waals surface area contributed by atoms with Crippen LogP contribution in [0.4, 0.5) is 0 Å². The van der Waals surface area contributed by atoms with Crippen molar-refractivity contribution in [3.63, 3.8) is 0 Å². The number of hydrogen-bond donors (Lipinski definition) is 1. The van der Waals surface area contributed by atoms with Crippen LogP contribution in [0.5, 0.6) is 0 Å². The van der Waals surface area contributed by atoms with E-state index < -0.39 is 22.8 Å². The summed E-state index contributed by atoms with van der Waals surface area (Å²) >= 11 is 0. The Balaban J connectivity index is 4.72. The lowest BCUT2D eigenvalue weighted by molar-refractivity contribution is -0.166. The Morgan fingerprint density at radius 3 is 2.20 bits per heavy atom. The van der Waals surface area contributed by atoms with Crippen LogP contribution < -0.4 is 0 Å². The van der Waals surface area contributed by atoms with Crippen molar-refractivity contribution in [2.24, 2.45) is 5.41 Å². The number of ketones is 1. The number of carbonyl (C=O) groups is 2. The molecule has 0 aromatic heterocycles. The predicted octanol–water partition coefficient (Wildman–Crippen LogP) is 1.08. The Morgan fingerprint density at radius 2 is 1.87 bits per heavy atom. The fourth-order valence-corrected chi connectivity index (χ4v) is 0.971. The molecule has 0 saturated heterocycles. The summed E-state index contributed by atoms with van der Waals surface area (Å²) in [5, 5.41) is 9.65. The molecule has 0 saturated carbocycles. The average Bonchev–Trinajstić information content (AvgIpc) is 2.15. The first-order valence-electron chi connectivity index (χ1n) is 4.65. The van der Waals surface area contributed by atoms with Crippen LogP contribution in [0.15, 0.2) is 12.7 Å². The van der Waals surface area contributed by atoms with Crippen molar-refractivity contribution >= 4 is 11.8 Å². The number of Topliss-reactive ketones (excluding diaryl/α,β-unsaturated/α-hetero) is 1. The molecule has 0 rings (SSSR count). The lowest BCUT2D eigenvalue weighted by Crippen LogP contribution is -2.45. The molecule has 4 nitrogen and oxygen atoms in total. The monoisotopic (exact) mass is 214 g/mol. The van der Waals surface area contributed by atoms with Crippen molar-refractivity contribution in [2.75, 3.05) is 7.11 Å². The number of methoxy groups -OCH3 is 1. The second-order valence-corrected chi connectivity index (χ2v) is 4.36. The summed E-state index contributed by atoms with van der Waals surface area (Å²) in [7, 11) is 1.13. The molecule has 0 bridgehead atoms. The topological polar surface area (TPSA) is 63.6 Å². The van der Waals surface area contributed by atoms with Gasteiger partial charge in [-0.2, -0.15) is 0 Å². The first-order chi connectivity index (χ1) is 6.67. The van der Waals surface area contributed by atoms with E-state index in [0.29, 0.717) is 0 Å². The highest BCUT2D eigenvalue weighted by atomic mass is 16.5. The summed E-state index contributed by atoms with van der Waals surface area (Å²) in [5.41, 5.74) is -2.52. The minimum atomic E-state index is -2.07. The number of carbonyl (C=O) groups excluding carboxylic acids is 2. The quantitative estimate of drug-likeness (QED) is 0.422. The van der Waals surface area contributed by atoms with Crippen molar-refractivity contribution < 1.29 is 19.4 Å². The van der Waals surface area contributed by atoms with Crippen LogP contribution in [0.3, 0.4) is 0 Å². The van der Waals surface area contributed by atoms with E-state index in [1.165, 1.54) is 0 Å². The van der Waals surface area contributed by atoms with Gasteiger partial charge >= 0.3 is 5.97 Å². The van der Waals surface area contributed by atoms with Gasteiger partial charge in [-0.05, 0) is 12.3 Å². The Bertz CT molecular complexity index is 276. The zero-order valence-electron chi connectivity index (χ0n) is 9.66. The van der Waals surface area contributed by atoms with Gasteiger partial charge in [0.15, 0.2) is 5.78 Å². The first-order valence-corrected chi connectivity index (χ1v) is 4.65. The highest BCUT2D eigenvalue weighted by Crippen LogP contribution is 2.25. The van der Waals surface area contributed by atoms with E-state index >= 15 is 0 Å². The summed E-state index contributed by atoms with van der Waals surface area (Å²) < 4.78 is 4.35. The van der Waals surface area contributed by atoms with Crippen molar-refractivity contribution in [1.29, 1.82) is 0 Å².